The maximum atomic E-state index is 11.0. The second-order valence-corrected chi connectivity index (χ2v) is 4.11. The van der Waals surface area contributed by atoms with E-state index in [-0.39, 0.29) is 19.3 Å². The molecule has 0 aromatic heterocycles. The molecular weight excluding hydrogens is 252 g/mol. The van der Waals surface area contributed by atoms with Crippen molar-refractivity contribution in [2.24, 2.45) is 0 Å². The molecule has 0 heterocycles. The van der Waals surface area contributed by atoms with E-state index in [0.717, 1.165) is 12.8 Å². The van der Waals surface area contributed by atoms with Crippen molar-refractivity contribution in [2.75, 3.05) is 19.8 Å². The SMILES string of the molecule is CCCCOC(=O)OC[CH]CCOC(=O)OC(C)C. The first-order valence-corrected chi connectivity index (χ1v) is 6.50. The summed E-state index contributed by atoms with van der Waals surface area (Å²) in [5.74, 6) is 0. The summed E-state index contributed by atoms with van der Waals surface area (Å²) in [6, 6.07) is 0. The fourth-order valence-electron chi connectivity index (χ4n) is 1.00. The van der Waals surface area contributed by atoms with Crippen LogP contribution in [0.3, 0.4) is 0 Å². The summed E-state index contributed by atoms with van der Waals surface area (Å²) in [4.78, 5) is 22.0. The van der Waals surface area contributed by atoms with Crippen LogP contribution < -0.4 is 0 Å². The molecule has 0 aromatic rings. The Hall–Kier alpha value is -1.46. The first-order chi connectivity index (χ1) is 9.06. The molecule has 0 N–H and O–H groups in total. The predicted molar refractivity (Wildman–Crippen MR) is 68.7 cm³/mol. The molecule has 0 fully saturated rings. The number of rotatable bonds is 9. The summed E-state index contributed by atoms with van der Waals surface area (Å²) < 4.78 is 19.1. The highest BCUT2D eigenvalue weighted by atomic mass is 16.7. The lowest BCUT2D eigenvalue weighted by Gasteiger charge is -2.08. The summed E-state index contributed by atoms with van der Waals surface area (Å²) in [5, 5.41) is 0. The maximum absolute atomic E-state index is 11.0. The summed E-state index contributed by atoms with van der Waals surface area (Å²) in [7, 11) is 0. The summed E-state index contributed by atoms with van der Waals surface area (Å²) in [6.07, 6.45) is 2.39. The van der Waals surface area contributed by atoms with Crippen molar-refractivity contribution >= 4 is 12.3 Å². The highest BCUT2D eigenvalue weighted by Gasteiger charge is 2.06. The van der Waals surface area contributed by atoms with Crippen LogP contribution in [-0.2, 0) is 18.9 Å². The zero-order valence-corrected chi connectivity index (χ0v) is 11.8. The van der Waals surface area contributed by atoms with Gasteiger partial charge in [-0.15, -0.1) is 0 Å². The van der Waals surface area contributed by atoms with Crippen LogP contribution in [0.4, 0.5) is 9.59 Å². The monoisotopic (exact) mass is 275 g/mol. The van der Waals surface area contributed by atoms with Crippen LogP contribution in [0.2, 0.25) is 0 Å². The Kier molecular flexibility index (Phi) is 10.7. The molecule has 0 saturated heterocycles. The molecule has 1 radical (unpaired) electrons. The van der Waals surface area contributed by atoms with E-state index < -0.39 is 12.3 Å². The molecule has 6 nitrogen and oxygen atoms in total. The topological polar surface area (TPSA) is 71.1 Å². The second-order valence-electron chi connectivity index (χ2n) is 4.11. The summed E-state index contributed by atoms with van der Waals surface area (Å²) in [5.41, 5.74) is 0. The number of ether oxygens (including phenoxy) is 4. The van der Waals surface area contributed by atoms with E-state index in [9.17, 15) is 9.59 Å². The standard InChI is InChI=1S/C13H23O6/c1-4-5-8-16-12(14)17-9-6-7-10-18-13(15)19-11(2)3/h6,11H,4-5,7-10H2,1-3H3. The van der Waals surface area contributed by atoms with Gasteiger partial charge in [-0.3, -0.25) is 0 Å². The van der Waals surface area contributed by atoms with E-state index in [1.54, 1.807) is 20.3 Å². The van der Waals surface area contributed by atoms with Crippen LogP contribution >= 0.6 is 0 Å². The minimum atomic E-state index is -0.691. The van der Waals surface area contributed by atoms with Crippen LogP contribution in [0.5, 0.6) is 0 Å². The van der Waals surface area contributed by atoms with E-state index in [0.29, 0.717) is 13.0 Å². The fourth-order valence-corrected chi connectivity index (χ4v) is 1.00. The Labute approximate surface area is 114 Å². The van der Waals surface area contributed by atoms with Crippen LogP contribution in [0, 0.1) is 6.42 Å². The molecule has 0 aromatic carbocycles. The van der Waals surface area contributed by atoms with E-state index >= 15 is 0 Å². The van der Waals surface area contributed by atoms with Crippen molar-refractivity contribution < 1.29 is 28.5 Å². The zero-order valence-electron chi connectivity index (χ0n) is 11.8. The molecule has 0 amide bonds. The van der Waals surface area contributed by atoms with Gasteiger partial charge in [-0.2, -0.15) is 0 Å². The smallest absolute Gasteiger partial charge is 0.434 e. The third-order valence-electron chi connectivity index (χ3n) is 1.91. The van der Waals surface area contributed by atoms with Crippen molar-refractivity contribution in [1.82, 2.24) is 0 Å². The van der Waals surface area contributed by atoms with Gasteiger partial charge in [0.15, 0.2) is 0 Å². The number of hydrogen-bond donors (Lipinski definition) is 0. The molecule has 0 spiro atoms. The van der Waals surface area contributed by atoms with Gasteiger partial charge in [0.25, 0.3) is 0 Å². The van der Waals surface area contributed by atoms with Crippen molar-refractivity contribution in [3.05, 3.63) is 6.42 Å². The van der Waals surface area contributed by atoms with Gasteiger partial charge in [0, 0.05) is 6.42 Å². The number of unbranched alkanes of at least 4 members (excludes halogenated alkanes) is 2. The van der Waals surface area contributed by atoms with Crippen molar-refractivity contribution in [3.63, 3.8) is 0 Å². The van der Waals surface area contributed by atoms with Crippen molar-refractivity contribution in [2.45, 2.75) is 46.1 Å². The molecule has 0 aliphatic heterocycles. The Morgan fingerprint density at radius 1 is 1.05 bits per heavy atom. The maximum Gasteiger partial charge on any atom is 0.508 e. The fraction of sp³-hybridized carbons (Fsp3) is 0.769. The predicted octanol–water partition coefficient (Wildman–Crippen LogP) is 3.10. The minimum absolute atomic E-state index is 0.132. The highest BCUT2D eigenvalue weighted by molar-refractivity contribution is 5.60. The number of carbonyl (C=O) groups excluding carboxylic acids is 2. The van der Waals surface area contributed by atoms with E-state index in [1.807, 2.05) is 6.92 Å². The highest BCUT2D eigenvalue weighted by Crippen LogP contribution is 1.97. The lowest BCUT2D eigenvalue weighted by molar-refractivity contribution is 0.0333. The first kappa shape index (κ1) is 17.5. The molecule has 0 unspecified atom stereocenters. The Bertz CT molecular complexity index is 252. The Morgan fingerprint density at radius 2 is 1.74 bits per heavy atom. The van der Waals surface area contributed by atoms with Gasteiger partial charge in [-0.25, -0.2) is 9.59 Å². The lowest BCUT2D eigenvalue weighted by atomic mass is 10.3. The minimum Gasteiger partial charge on any atom is -0.434 e. The summed E-state index contributed by atoms with van der Waals surface area (Å²) >= 11 is 0. The zero-order chi connectivity index (χ0) is 14.5. The van der Waals surface area contributed by atoms with Gasteiger partial charge in [-0.1, -0.05) is 13.3 Å². The lowest BCUT2D eigenvalue weighted by Crippen LogP contribution is -2.14. The average molecular weight is 275 g/mol. The normalized spacial score (nSPS) is 10.1. The largest absolute Gasteiger partial charge is 0.508 e. The van der Waals surface area contributed by atoms with Gasteiger partial charge < -0.3 is 18.9 Å². The van der Waals surface area contributed by atoms with Gasteiger partial charge in [0.2, 0.25) is 0 Å². The molecule has 19 heavy (non-hydrogen) atoms. The second kappa shape index (κ2) is 11.6. The van der Waals surface area contributed by atoms with Crippen LogP contribution in [0.1, 0.15) is 40.0 Å². The van der Waals surface area contributed by atoms with Crippen LogP contribution in [0.15, 0.2) is 0 Å². The average Bonchev–Trinajstić information content (AvgIpc) is 2.33. The van der Waals surface area contributed by atoms with E-state index in [4.69, 9.17) is 18.9 Å². The Morgan fingerprint density at radius 3 is 2.37 bits per heavy atom. The molecule has 0 rings (SSSR count). The summed E-state index contributed by atoms with van der Waals surface area (Å²) in [6.45, 7) is 6.19. The molecule has 6 heteroatoms. The number of hydrogen-bond acceptors (Lipinski definition) is 6. The number of carbonyl (C=O) groups is 2. The molecule has 0 bridgehead atoms. The van der Waals surface area contributed by atoms with Gasteiger partial charge in [0.1, 0.15) is 0 Å². The molecule has 0 aliphatic rings. The molecule has 0 saturated carbocycles. The third-order valence-corrected chi connectivity index (χ3v) is 1.91. The van der Waals surface area contributed by atoms with Gasteiger partial charge >= 0.3 is 12.3 Å². The van der Waals surface area contributed by atoms with Gasteiger partial charge in [-0.05, 0) is 26.7 Å². The van der Waals surface area contributed by atoms with Crippen LogP contribution in [-0.4, -0.2) is 38.2 Å². The molecule has 111 valence electrons. The quantitative estimate of drug-likeness (QED) is 0.475. The third kappa shape index (κ3) is 12.8. The van der Waals surface area contributed by atoms with Crippen molar-refractivity contribution in [3.8, 4) is 0 Å². The molecule has 0 aliphatic carbocycles. The van der Waals surface area contributed by atoms with Gasteiger partial charge in [0.05, 0.1) is 25.9 Å². The van der Waals surface area contributed by atoms with Crippen molar-refractivity contribution in [1.29, 1.82) is 0 Å². The van der Waals surface area contributed by atoms with E-state index in [2.05, 4.69) is 0 Å². The first-order valence-electron chi connectivity index (χ1n) is 6.50. The molecular formula is C13H23O6. The van der Waals surface area contributed by atoms with E-state index in [1.165, 1.54) is 0 Å². The van der Waals surface area contributed by atoms with Crippen LogP contribution in [0.25, 0.3) is 0 Å². The molecule has 0 atom stereocenters. The Balaban J connectivity index is 3.31.